The van der Waals surface area contributed by atoms with Crippen LogP contribution in [0.15, 0.2) is 36.4 Å². The van der Waals surface area contributed by atoms with E-state index in [2.05, 4.69) is 48.7 Å². The largest absolute Gasteiger partial charge is 0.271 e. The normalized spacial score (nSPS) is 17.2. The van der Waals surface area contributed by atoms with E-state index < -0.39 is 0 Å². The number of benzene rings is 1. The molecule has 100 valence electrons. The molecule has 1 aliphatic rings. The van der Waals surface area contributed by atoms with Gasteiger partial charge in [-0.1, -0.05) is 30.7 Å². The Morgan fingerprint density at radius 2 is 1.89 bits per heavy atom. The number of hydrogen-bond donors (Lipinski definition) is 2. The van der Waals surface area contributed by atoms with E-state index in [0.29, 0.717) is 0 Å². The van der Waals surface area contributed by atoms with Crippen LogP contribution >= 0.6 is 11.3 Å². The second kappa shape index (κ2) is 5.45. The van der Waals surface area contributed by atoms with Crippen LogP contribution in [0.25, 0.3) is 0 Å². The maximum Gasteiger partial charge on any atom is 0.0802 e. The van der Waals surface area contributed by atoms with Crippen LogP contribution in [0.4, 0.5) is 0 Å². The first kappa shape index (κ1) is 12.9. The van der Waals surface area contributed by atoms with Crippen molar-refractivity contribution in [1.82, 2.24) is 5.43 Å². The molecule has 19 heavy (non-hydrogen) atoms. The van der Waals surface area contributed by atoms with Crippen molar-refractivity contribution in [2.45, 2.75) is 38.1 Å². The Kier molecular flexibility index (Phi) is 3.69. The Hall–Kier alpha value is -1.16. The highest BCUT2D eigenvalue weighted by molar-refractivity contribution is 7.12. The molecule has 1 saturated carbocycles. The molecule has 1 atom stereocenters. The molecular formula is C16H20N2S. The summed E-state index contributed by atoms with van der Waals surface area (Å²) in [5.74, 6) is 6.53. The van der Waals surface area contributed by atoms with Crippen molar-refractivity contribution in [3.05, 3.63) is 57.3 Å². The monoisotopic (exact) mass is 272 g/mol. The van der Waals surface area contributed by atoms with Crippen molar-refractivity contribution in [2.75, 3.05) is 0 Å². The van der Waals surface area contributed by atoms with Crippen molar-refractivity contribution >= 4 is 11.3 Å². The first-order valence-electron chi connectivity index (χ1n) is 6.90. The van der Waals surface area contributed by atoms with Crippen molar-refractivity contribution < 1.29 is 0 Å². The third-order valence-corrected chi connectivity index (χ3v) is 5.12. The summed E-state index contributed by atoms with van der Waals surface area (Å²) in [7, 11) is 0. The van der Waals surface area contributed by atoms with Gasteiger partial charge in [0.05, 0.1) is 6.04 Å². The molecule has 0 amide bonds. The van der Waals surface area contributed by atoms with E-state index >= 15 is 0 Å². The van der Waals surface area contributed by atoms with Crippen LogP contribution < -0.4 is 11.3 Å². The smallest absolute Gasteiger partial charge is 0.0802 e. The first-order chi connectivity index (χ1) is 9.28. The highest BCUT2D eigenvalue weighted by Crippen LogP contribution is 2.37. The molecule has 1 aliphatic carbocycles. The predicted octanol–water partition coefficient (Wildman–Crippen LogP) is 3.88. The van der Waals surface area contributed by atoms with Crippen LogP contribution in [0.5, 0.6) is 0 Å². The first-order valence-corrected chi connectivity index (χ1v) is 7.72. The molecule has 0 bridgehead atoms. The van der Waals surface area contributed by atoms with E-state index in [1.165, 1.54) is 40.1 Å². The topological polar surface area (TPSA) is 38.0 Å². The molecule has 1 aromatic heterocycles. The number of nitrogens with one attached hydrogen (secondary N) is 1. The van der Waals surface area contributed by atoms with Gasteiger partial charge in [-0.2, -0.15) is 0 Å². The number of rotatable bonds is 4. The van der Waals surface area contributed by atoms with Crippen molar-refractivity contribution in [2.24, 2.45) is 5.84 Å². The minimum absolute atomic E-state index is 0.106. The predicted molar refractivity (Wildman–Crippen MR) is 81.3 cm³/mol. The van der Waals surface area contributed by atoms with Gasteiger partial charge < -0.3 is 0 Å². The zero-order valence-corrected chi connectivity index (χ0v) is 12.0. The summed E-state index contributed by atoms with van der Waals surface area (Å²) in [5.41, 5.74) is 5.66. The average molecular weight is 272 g/mol. The van der Waals surface area contributed by atoms with Gasteiger partial charge in [0, 0.05) is 9.75 Å². The summed E-state index contributed by atoms with van der Waals surface area (Å²) in [5, 5.41) is 0. The van der Waals surface area contributed by atoms with Gasteiger partial charge in [0.1, 0.15) is 0 Å². The molecular weight excluding hydrogens is 252 g/mol. The van der Waals surface area contributed by atoms with Gasteiger partial charge in [0.25, 0.3) is 0 Å². The van der Waals surface area contributed by atoms with Crippen LogP contribution in [0.2, 0.25) is 0 Å². The highest BCUT2D eigenvalue weighted by atomic mass is 32.1. The van der Waals surface area contributed by atoms with Crippen LogP contribution in [-0.4, -0.2) is 0 Å². The lowest BCUT2D eigenvalue weighted by Crippen LogP contribution is -2.28. The van der Waals surface area contributed by atoms with Crippen molar-refractivity contribution in [3.8, 4) is 0 Å². The van der Waals surface area contributed by atoms with Crippen LogP contribution in [0.1, 0.15) is 52.1 Å². The second-order valence-corrected chi connectivity index (χ2v) is 6.66. The average Bonchev–Trinajstić information content (AvgIpc) is 2.77. The Morgan fingerprint density at radius 1 is 1.16 bits per heavy atom. The number of thiophene rings is 1. The van der Waals surface area contributed by atoms with Crippen LogP contribution in [-0.2, 0) is 0 Å². The van der Waals surface area contributed by atoms with E-state index in [-0.39, 0.29) is 6.04 Å². The van der Waals surface area contributed by atoms with Gasteiger partial charge in [-0.15, -0.1) is 11.3 Å². The summed E-state index contributed by atoms with van der Waals surface area (Å²) in [6.07, 6.45) is 4.08. The van der Waals surface area contributed by atoms with Crippen LogP contribution in [0.3, 0.4) is 0 Å². The molecule has 2 nitrogen and oxygen atoms in total. The maximum absolute atomic E-state index is 5.74. The van der Waals surface area contributed by atoms with Gasteiger partial charge in [0.2, 0.25) is 0 Å². The highest BCUT2D eigenvalue weighted by Gasteiger charge is 2.20. The molecule has 3 heteroatoms. The summed E-state index contributed by atoms with van der Waals surface area (Å²) in [6, 6.07) is 13.4. The van der Waals surface area contributed by atoms with Gasteiger partial charge in [-0.05, 0) is 48.9 Å². The Balaban J connectivity index is 1.83. The van der Waals surface area contributed by atoms with Crippen LogP contribution in [0, 0.1) is 6.92 Å². The third-order valence-electron chi connectivity index (χ3n) is 4.06. The van der Waals surface area contributed by atoms with E-state index in [0.717, 1.165) is 5.92 Å². The number of hydrogen-bond acceptors (Lipinski definition) is 3. The molecule has 3 N–H and O–H groups in total. The molecule has 0 saturated heterocycles. The van der Waals surface area contributed by atoms with E-state index in [1.54, 1.807) is 11.3 Å². The standard InChI is InChI=1S/C16H20N2S/c1-11-5-10-15(19-11)16(18-17)14-8-6-13(7-9-14)12-3-2-4-12/h5-10,12,16,18H,2-4,17H2,1H3. The van der Waals surface area contributed by atoms with Gasteiger partial charge >= 0.3 is 0 Å². The van der Waals surface area contributed by atoms with Crippen molar-refractivity contribution in [3.63, 3.8) is 0 Å². The minimum Gasteiger partial charge on any atom is -0.271 e. The summed E-state index contributed by atoms with van der Waals surface area (Å²) in [4.78, 5) is 2.60. The number of nitrogens with two attached hydrogens (primary N) is 1. The maximum atomic E-state index is 5.74. The quantitative estimate of drug-likeness (QED) is 0.655. The fraction of sp³-hybridized carbons (Fsp3) is 0.375. The molecule has 0 spiro atoms. The molecule has 1 heterocycles. The fourth-order valence-corrected chi connectivity index (χ4v) is 3.62. The molecule has 2 aromatic rings. The molecule has 1 fully saturated rings. The van der Waals surface area contributed by atoms with E-state index in [9.17, 15) is 0 Å². The lowest BCUT2D eigenvalue weighted by molar-refractivity contribution is 0.419. The SMILES string of the molecule is Cc1ccc(C(NN)c2ccc(C3CCC3)cc2)s1. The summed E-state index contributed by atoms with van der Waals surface area (Å²) in [6.45, 7) is 2.13. The van der Waals surface area contributed by atoms with E-state index in [4.69, 9.17) is 5.84 Å². The number of aryl methyl sites for hydroxylation is 1. The zero-order chi connectivity index (χ0) is 13.2. The fourth-order valence-electron chi connectivity index (χ4n) is 2.65. The van der Waals surface area contributed by atoms with E-state index in [1.807, 2.05) is 0 Å². The summed E-state index contributed by atoms with van der Waals surface area (Å²) < 4.78 is 0. The zero-order valence-electron chi connectivity index (χ0n) is 11.2. The Bertz CT molecular complexity index is 540. The lowest BCUT2D eigenvalue weighted by atomic mass is 9.80. The lowest BCUT2D eigenvalue weighted by Gasteiger charge is -2.26. The van der Waals surface area contributed by atoms with Gasteiger partial charge in [-0.25, -0.2) is 5.43 Å². The number of hydrazine groups is 1. The summed E-state index contributed by atoms with van der Waals surface area (Å²) >= 11 is 1.80. The van der Waals surface area contributed by atoms with Gasteiger partial charge in [-0.3, -0.25) is 5.84 Å². The van der Waals surface area contributed by atoms with Crippen molar-refractivity contribution in [1.29, 1.82) is 0 Å². The molecule has 1 aromatic carbocycles. The molecule has 1 unspecified atom stereocenters. The molecule has 0 aliphatic heterocycles. The Morgan fingerprint density at radius 3 is 2.37 bits per heavy atom. The molecule has 0 radical (unpaired) electrons. The third kappa shape index (κ3) is 2.59. The second-order valence-electron chi connectivity index (χ2n) is 5.34. The molecule has 3 rings (SSSR count). The Labute approximate surface area is 118 Å². The van der Waals surface area contributed by atoms with Gasteiger partial charge in [0.15, 0.2) is 0 Å². The minimum atomic E-state index is 0.106.